The zero-order valence-corrected chi connectivity index (χ0v) is 17.3. The molecule has 1 aromatic heterocycles. The molecule has 0 bridgehead atoms. The SMILES string of the molecule is CCNC(=NCCCN1CCC(C)CC1)NC1CCN(c2ncccc2F)C1. The number of nitrogens with one attached hydrogen (secondary N) is 2. The number of likely N-dealkylation sites (tertiary alicyclic amines) is 1. The molecule has 28 heavy (non-hydrogen) atoms. The van der Waals surface area contributed by atoms with Crippen LogP contribution in [0.4, 0.5) is 10.2 Å². The van der Waals surface area contributed by atoms with Gasteiger partial charge in [-0.05, 0) is 70.3 Å². The highest BCUT2D eigenvalue weighted by Crippen LogP contribution is 2.20. The Balaban J connectivity index is 1.44. The number of guanidine groups is 1. The van der Waals surface area contributed by atoms with Gasteiger partial charge in [-0.25, -0.2) is 9.37 Å². The molecule has 1 unspecified atom stereocenters. The molecule has 156 valence electrons. The average Bonchev–Trinajstić information content (AvgIpc) is 3.15. The van der Waals surface area contributed by atoms with Crippen molar-refractivity contribution < 1.29 is 4.39 Å². The van der Waals surface area contributed by atoms with Gasteiger partial charge in [-0.2, -0.15) is 0 Å². The number of pyridine rings is 1. The largest absolute Gasteiger partial charge is 0.357 e. The predicted molar refractivity (Wildman–Crippen MR) is 113 cm³/mol. The molecular formula is C21H35FN6. The number of nitrogens with zero attached hydrogens (tertiary/aromatic N) is 4. The molecule has 3 rings (SSSR count). The first-order chi connectivity index (χ1) is 13.7. The van der Waals surface area contributed by atoms with Crippen molar-refractivity contribution in [3.05, 3.63) is 24.1 Å². The van der Waals surface area contributed by atoms with Crippen molar-refractivity contribution >= 4 is 11.8 Å². The van der Waals surface area contributed by atoms with Gasteiger partial charge in [0, 0.05) is 38.4 Å². The van der Waals surface area contributed by atoms with Crippen molar-refractivity contribution in [3.63, 3.8) is 0 Å². The second-order valence-electron chi connectivity index (χ2n) is 8.02. The summed E-state index contributed by atoms with van der Waals surface area (Å²) in [6.07, 6.45) is 6.33. The molecule has 2 saturated heterocycles. The Morgan fingerprint density at radius 1 is 1.29 bits per heavy atom. The Labute approximate surface area is 168 Å². The van der Waals surface area contributed by atoms with Crippen LogP contribution >= 0.6 is 0 Å². The van der Waals surface area contributed by atoms with Crippen molar-refractivity contribution in [2.75, 3.05) is 50.7 Å². The minimum Gasteiger partial charge on any atom is -0.357 e. The molecule has 0 aliphatic carbocycles. The van der Waals surface area contributed by atoms with Crippen LogP contribution in [0.5, 0.6) is 0 Å². The number of aliphatic imine (C=N–C) groups is 1. The number of anilines is 1. The molecule has 2 aliphatic heterocycles. The Morgan fingerprint density at radius 2 is 2.11 bits per heavy atom. The average molecular weight is 391 g/mol. The second kappa shape index (κ2) is 10.6. The van der Waals surface area contributed by atoms with Gasteiger partial charge < -0.3 is 20.4 Å². The standard InChI is InChI=1S/C21H35FN6/c1-3-23-21(25-11-5-12-27-13-7-17(2)8-14-27)26-18-9-15-28(16-18)20-19(22)6-4-10-24-20/h4,6,10,17-18H,3,5,7-9,11-16H2,1-2H3,(H2,23,25,26). The minimum atomic E-state index is -0.254. The van der Waals surface area contributed by atoms with E-state index in [1.54, 1.807) is 12.3 Å². The summed E-state index contributed by atoms with van der Waals surface area (Å²) >= 11 is 0. The van der Waals surface area contributed by atoms with E-state index < -0.39 is 0 Å². The fraction of sp³-hybridized carbons (Fsp3) is 0.714. The molecule has 0 amide bonds. The fourth-order valence-corrected chi connectivity index (χ4v) is 3.96. The molecule has 1 atom stereocenters. The zero-order valence-electron chi connectivity index (χ0n) is 17.3. The molecule has 3 heterocycles. The Morgan fingerprint density at radius 3 is 2.86 bits per heavy atom. The molecule has 0 radical (unpaired) electrons. The van der Waals surface area contributed by atoms with Crippen LogP contribution < -0.4 is 15.5 Å². The first-order valence-corrected chi connectivity index (χ1v) is 10.8. The maximum Gasteiger partial charge on any atom is 0.191 e. The third-order valence-corrected chi connectivity index (χ3v) is 5.69. The zero-order chi connectivity index (χ0) is 19.8. The van der Waals surface area contributed by atoms with Crippen molar-refractivity contribution in [2.45, 2.75) is 45.6 Å². The quantitative estimate of drug-likeness (QED) is 0.426. The maximum atomic E-state index is 14.0. The molecule has 2 fully saturated rings. The lowest BCUT2D eigenvalue weighted by atomic mass is 9.99. The van der Waals surface area contributed by atoms with Crippen LogP contribution in [-0.4, -0.2) is 67.7 Å². The van der Waals surface area contributed by atoms with Crippen molar-refractivity contribution in [1.82, 2.24) is 20.5 Å². The lowest BCUT2D eigenvalue weighted by Gasteiger charge is -2.29. The summed E-state index contributed by atoms with van der Waals surface area (Å²) in [5.74, 6) is 1.94. The Bertz CT molecular complexity index is 629. The lowest BCUT2D eigenvalue weighted by Crippen LogP contribution is -2.44. The summed E-state index contributed by atoms with van der Waals surface area (Å²) in [4.78, 5) is 13.5. The number of piperidine rings is 1. The second-order valence-corrected chi connectivity index (χ2v) is 8.02. The van der Waals surface area contributed by atoms with Crippen LogP contribution in [0.25, 0.3) is 0 Å². The van der Waals surface area contributed by atoms with Gasteiger partial charge in [0.05, 0.1) is 0 Å². The molecular weight excluding hydrogens is 355 g/mol. The van der Waals surface area contributed by atoms with E-state index in [9.17, 15) is 4.39 Å². The fourth-order valence-electron chi connectivity index (χ4n) is 3.96. The number of hydrogen-bond acceptors (Lipinski definition) is 4. The highest BCUT2D eigenvalue weighted by Gasteiger charge is 2.25. The van der Waals surface area contributed by atoms with E-state index in [1.807, 2.05) is 4.90 Å². The highest BCUT2D eigenvalue weighted by atomic mass is 19.1. The molecule has 1 aromatic rings. The number of hydrogen-bond donors (Lipinski definition) is 2. The van der Waals surface area contributed by atoms with Crippen LogP contribution in [0.3, 0.4) is 0 Å². The van der Waals surface area contributed by atoms with E-state index in [0.29, 0.717) is 5.82 Å². The molecule has 0 aromatic carbocycles. The van der Waals surface area contributed by atoms with Crippen LogP contribution in [0.1, 0.15) is 39.5 Å². The van der Waals surface area contributed by atoms with E-state index in [4.69, 9.17) is 4.99 Å². The molecule has 2 N–H and O–H groups in total. The highest BCUT2D eigenvalue weighted by molar-refractivity contribution is 5.80. The summed E-state index contributed by atoms with van der Waals surface area (Å²) in [5.41, 5.74) is 0. The summed E-state index contributed by atoms with van der Waals surface area (Å²) in [5, 5.41) is 6.85. The molecule has 0 spiro atoms. The van der Waals surface area contributed by atoms with Crippen LogP contribution in [0.2, 0.25) is 0 Å². The monoisotopic (exact) mass is 390 g/mol. The first-order valence-electron chi connectivity index (χ1n) is 10.8. The normalized spacial score (nSPS) is 21.9. The van der Waals surface area contributed by atoms with E-state index in [-0.39, 0.29) is 11.9 Å². The van der Waals surface area contributed by atoms with Gasteiger partial charge in [-0.3, -0.25) is 4.99 Å². The molecule has 0 saturated carbocycles. The van der Waals surface area contributed by atoms with Gasteiger partial charge in [0.15, 0.2) is 17.6 Å². The van der Waals surface area contributed by atoms with Gasteiger partial charge in [0.1, 0.15) is 0 Å². The summed E-state index contributed by atoms with van der Waals surface area (Å²) in [7, 11) is 0. The minimum absolute atomic E-state index is 0.253. The number of halogens is 1. The number of rotatable bonds is 7. The van der Waals surface area contributed by atoms with Gasteiger partial charge >= 0.3 is 0 Å². The van der Waals surface area contributed by atoms with E-state index >= 15 is 0 Å². The predicted octanol–water partition coefficient (Wildman–Crippen LogP) is 2.48. The Kier molecular flexibility index (Phi) is 7.89. The number of aromatic nitrogens is 1. The third kappa shape index (κ3) is 6.06. The van der Waals surface area contributed by atoms with Crippen molar-refractivity contribution in [2.24, 2.45) is 10.9 Å². The maximum absolute atomic E-state index is 14.0. The lowest BCUT2D eigenvalue weighted by molar-refractivity contribution is 0.192. The smallest absolute Gasteiger partial charge is 0.191 e. The topological polar surface area (TPSA) is 55.8 Å². The van der Waals surface area contributed by atoms with E-state index in [0.717, 1.165) is 57.4 Å². The van der Waals surface area contributed by atoms with Crippen LogP contribution in [0.15, 0.2) is 23.3 Å². The summed E-state index contributed by atoms with van der Waals surface area (Å²) in [6.45, 7) is 11.2. The van der Waals surface area contributed by atoms with E-state index in [2.05, 4.69) is 34.4 Å². The van der Waals surface area contributed by atoms with Gasteiger partial charge in [-0.1, -0.05) is 6.92 Å². The van der Waals surface area contributed by atoms with Crippen molar-refractivity contribution in [3.8, 4) is 0 Å². The molecule has 2 aliphatic rings. The van der Waals surface area contributed by atoms with E-state index in [1.165, 1.54) is 32.0 Å². The van der Waals surface area contributed by atoms with Crippen LogP contribution in [-0.2, 0) is 0 Å². The third-order valence-electron chi connectivity index (χ3n) is 5.69. The van der Waals surface area contributed by atoms with Crippen molar-refractivity contribution in [1.29, 1.82) is 0 Å². The van der Waals surface area contributed by atoms with Gasteiger partial charge in [0.2, 0.25) is 0 Å². The van der Waals surface area contributed by atoms with Gasteiger partial charge in [0.25, 0.3) is 0 Å². The molecule has 6 nitrogen and oxygen atoms in total. The van der Waals surface area contributed by atoms with Crippen LogP contribution in [0, 0.1) is 11.7 Å². The summed E-state index contributed by atoms with van der Waals surface area (Å²) in [6, 6.07) is 3.35. The van der Waals surface area contributed by atoms with Gasteiger partial charge in [-0.15, -0.1) is 0 Å². The summed E-state index contributed by atoms with van der Waals surface area (Å²) < 4.78 is 14.0. The molecule has 7 heteroatoms. The first kappa shape index (κ1) is 20.8. The Hall–Kier alpha value is -1.89.